The summed E-state index contributed by atoms with van der Waals surface area (Å²) in [5.41, 5.74) is 8.63. The SMILES string of the molecule is COc1ccc(CN2C(O)=CN(c3ccc(CC(N)C(=O)OCc4ccccc4)cc3)S2(=O)=O)cc1. The van der Waals surface area contributed by atoms with Crippen LogP contribution in [0.15, 0.2) is 90.9 Å². The molecule has 9 nitrogen and oxygen atoms in total. The van der Waals surface area contributed by atoms with Gasteiger partial charge in [-0.3, -0.25) is 4.79 Å². The Morgan fingerprint density at radius 2 is 1.58 bits per heavy atom. The van der Waals surface area contributed by atoms with E-state index >= 15 is 0 Å². The first-order valence-corrected chi connectivity index (χ1v) is 12.6. The Balaban J connectivity index is 1.38. The van der Waals surface area contributed by atoms with Gasteiger partial charge < -0.3 is 20.3 Å². The second-order valence-corrected chi connectivity index (χ2v) is 9.95. The first kappa shape index (κ1) is 25.1. The molecule has 3 N–H and O–H groups in total. The molecule has 0 amide bonds. The van der Waals surface area contributed by atoms with Gasteiger partial charge in [0.15, 0.2) is 0 Å². The van der Waals surface area contributed by atoms with Crippen LogP contribution >= 0.6 is 0 Å². The molecule has 1 atom stereocenters. The van der Waals surface area contributed by atoms with E-state index < -0.39 is 28.1 Å². The van der Waals surface area contributed by atoms with E-state index in [-0.39, 0.29) is 19.6 Å². The number of anilines is 1. The Bertz CT molecular complexity index is 1330. The van der Waals surface area contributed by atoms with Crippen LogP contribution in [-0.4, -0.2) is 37.0 Å². The van der Waals surface area contributed by atoms with Crippen molar-refractivity contribution in [3.8, 4) is 5.75 Å². The van der Waals surface area contributed by atoms with Gasteiger partial charge in [0, 0.05) is 0 Å². The fourth-order valence-electron chi connectivity index (χ4n) is 3.68. The summed E-state index contributed by atoms with van der Waals surface area (Å²) in [6.07, 6.45) is 1.38. The summed E-state index contributed by atoms with van der Waals surface area (Å²) in [5, 5.41) is 10.4. The van der Waals surface area contributed by atoms with Crippen LogP contribution in [-0.2, 0) is 39.3 Å². The third kappa shape index (κ3) is 5.61. The quantitative estimate of drug-likeness (QED) is 0.425. The van der Waals surface area contributed by atoms with E-state index in [1.807, 2.05) is 30.3 Å². The van der Waals surface area contributed by atoms with Crippen molar-refractivity contribution in [1.29, 1.82) is 0 Å². The molecule has 0 bridgehead atoms. The molecule has 3 aromatic carbocycles. The number of methoxy groups -OCH3 is 1. The van der Waals surface area contributed by atoms with Crippen molar-refractivity contribution in [3.63, 3.8) is 0 Å². The number of carbonyl (C=O) groups excluding carboxylic acids is 1. The molecule has 1 heterocycles. The van der Waals surface area contributed by atoms with Gasteiger partial charge >= 0.3 is 16.2 Å². The Kier molecular flexibility index (Phi) is 7.47. The zero-order chi connectivity index (χ0) is 25.7. The molecule has 4 rings (SSSR count). The lowest BCUT2D eigenvalue weighted by Crippen LogP contribution is -2.34. The first-order chi connectivity index (χ1) is 17.3. The number of nitrogens with zero attached hydrogens (tertiary/aromatic N) is 2. The highest BCUT2D eigenvalue weighted by molar-refractivity contribution is 7.91. The minimum Gasteiger partial charge on any atom is -0.497 e. The van der Waals surface area contributed by atoms with Gasteiger partial charge in [0.25, 0.3) is 0 Å². The molecule has 0 aromatic heterocycles. The van der Waals surface area contributed by atoms with Crippen LogP contribution in [0.3, 0.4) is 0 Å². The van der Waals surface area contributed by atoms with Crippen molar-refractivity contribution < 1.29 is 27.8 Å². The molecule has 1 aliphatic rings. The van der Waals surface area contributed by atoms with Gasteiger partial charge in [0.1, 0.15) is 18.4 Å². The van der Waals surface area contributed by atoms with Crippen LogP contribution in [0.4, 0.5) is 5.69 Å². The van der Waals surface area contributed by atoms with E-state index in [2.05, 4.69) is 0 Å². The number of aliphatic hydroxyl groups excluding tert-OH is 1. The van der Waals surface area contributed by atoms with E-state index in [9.17, 15) is 18.3 Å². The third-order valence-corrected chi connectivity index (χ3v) is 7.36. The number of nitrogens with two attached hydrogens (primary N) is 1. The Morgan fingerprint density at radius 3 is 2.22 bits per heavy atom. The highest BCUT2D eigenvalue weighted by Crippen LogP contribution is 2.31. The molecule has 36 heavy (non-hydrogen) atoms. The summed E-state index contributed by atoms with van der Waals surface area (Å²) in [5.74, 6) is -0.265. The number of benzene rings is 3. The zero-order valence-electron chi connectivity index (χ0n) is 19.7. The van der Waals surface area contributed by atoms with Crippen LogP contribution in [0.2, 0.25) is 0 Å². The smallest absolute Gasteiger partial charge is 0.333 e. The third-order valence-electron chi connectivity index (χ3n) is 5.67. The second-order valence-electron chi connectivity index (χ2n) is 8.22. The number of carbonyl (C=O) groups is 1. The summed E-state index contributed by atoms with van der Waals surface area (Å²) in [6.45, 7) is 0.102. The minimum atomic E-state index is -4.03. The predicted molar refractivity (Wildman–Crippen MR) is 135 cm³/mol. The maximum absolute atomic E-state index is 13.1. The number of aliphatic hydroxyl groups is 1. The van der Waals surface area contributed by atoms with Gasteiger partial charge in [-0.25, -0.2) is 8.61 Å². The highest BCUT2D eigenvalue weighted by Gasteiger charge is 2.37. The van der Waals surface area contributed by atoms with Crippen LogP contribution in [0.1, 0.15) is 16.7 Å². The predicted octanol–water partition coefficient (Wildman–Crippen LogP) is 3.23. The standard InChI is InChI=1S/C26H27N3O6S/c1-34-23-13-9-20(10-14-23)16-29-25(30)17-28(36(29,32)33)22-11-7-19(8-12-22)15-24(27)26(31)35-18-21-5-3-2-4-6-21/h2-14,17,24,30H,15-16,18,27H2,1H3. The summed E-state index contributed by atoms with van der Waals surface area (Å²) in [7, 11) is -2.49. The van der Waals surface area contributed by atoms with E-state index in [1.165, 1.54) is 0 Å². The summed E-state index contributed by atoms with van der Waals surface area (Å²) in [6, 6.07) is 21.9. The van der Waals surface area contributed by atoms with E-state index in [4.69, 9.17) is 15.2 Å². The average molecular weight is 510 g/mol. The number of hydrogen-bond donors (Lipinski definition) is 2. The fraction of sp³-hybridized carbons (Fsp3) is 0.192. The first-order valence-electron chi connectivity index (χ1n) is 11.2. The van der Waals surface area contributed by atoms with Crippen molar-refractivity contribution in [3.05, 3.63) is 108 Å². The van der Waals surface area contributed by atoms with Crippen LogP contribution in [0.5, 0.6) is 5.75 Å². The molecular weight excluding hydrogens is 482 g/mol. The largest absolute Gasteiger partial charge is 0.497 e. The van der Waals surface area contributed by atoms with Gasteiger partial charge in [0.05, 0.1) is 25.5 Å². The number of rotatable bonds is 9. The molecule has 0 saturated heterocycles. The molecule has 0 radical (unpaired) electrons. The Hall–Kier alpha value is -4.02. The highest BCUT2D eigenvalue weighted by atomic mass is 32.2. The fourth-order valence-corrected chi connectivity index (χ4v) is 5.10. The average Bonchev–Trinajstić information content (AvgIpc) is 3.12. The summed E-state index contributed by atoms with van der Waals surface area (Å²) in [4.78, 5) is 12.3. The lowest BCUT2D eigenvalue weighted by Gasteiger charge is -2.22. The molecule has 188 valence electrons. The monoisotopic (exact) mass is 509 g/mol. The van der Waals surface area contributed by atoms with Gasteiger partial charge in [0.2, 0.25) is 5.88 Å². The molecule has 1 aliphatic heterocycles. The minimum absolute atomic E-state index is 0.0385. The van der Waals surface area contributed by atoms with Crippen molar-refractivity contribution >= 4 is 21.9 Å². The number of ether oxygens (including phenoxy) is 2. The van der Waals surface area contributed by atoms with Crippen molar-refractivity contribution in [1.82, 2.24) is 4.31 Å². The van der Waals surface area contributed by atoms with Crippen molar-refractivity contribution in [2.45, 2.75) is 25.6 Å². The summed E-state index contributed by atoms with van der Waals surface area (Å²) < 4.78 is 38.5. The van der Waals surface area contributed by atoms with Gasteiger partial charge in [-0.1, -0.05) is 54.6 Å². The van der Waals surface area contributed by atoms with Crippen LogP contribution in [0, 0.1) is 0 Å². The molecule has 0 aliphatic carbocycles. The Labute approximate surface area is 210 Å². The maximum Gasteiger partial charge on any atom is 0.333 e. The second kappa shape index (κ2) is 10.7. The molecule has 10 heteroatoms. The van der Waals surface area contributed by atoms with Gasteiger partial charge in [-0.05, 0) is 47.4 Å². The van der Waals surface area contributed by atoms with Gasteiger partial charge in [-0.15, -0.1) is 0 Å². The van der Waals surface area contributed by atoms with Gasteiger partial charge in [-0.2, -0.15) is 8.42 Å². The van der Waals surface area contributed by atoms with Crippen molar-refractivity contribution in [2.75, 3.05) is 11.4 Å². The molecular formula is C26H27N3O6S. The van der Waals surface area contributed by atoms with E-state index in [0.29, 0.717) is 17.0 Å². The lowest BCUT2D eigenvalue weighted by molar-refractivity contribution is -0.146. The molecule has 0 fully saturated rings. The van der Waals surface area contributed by atoms with E-state index in [0.717, 1.165) is 25.9 Å². The number of hydrogen-bond acceptors (Lipinski definition) is 7. The topological polar surface area (TPSA) is 122 Å². The van der Waals surface area contributed by atoms with Crippen LogP contribution in [0.25, 0.3) is 0 Å². The van der Waals surface area contributed by atoms with Crippen molar-refractivity contribution in [2.24, 2.45) is 5.73 Å². The summed E-state index contributed by atoms with van der Waals surface area (Å²) >= 11 is 0. The number of esters is 1. The van der Waals surface area contributed by atoms with Crippen LogP contribution < -0.4 is 14.8 Å². The molecule has 1 unspecified atom stereocenters. The van der Waals surface area contributed by atoms with E-state index in [1.54, 1.807) is 55.6 Å². The molecule has 3 aromatic rings. The Morgan fingerprint density at radius 1 is 0.944 bits per heavy atom. The maximum atomic E-state index is 13.1. The zero-order valence-corrected chi connectivity index (χ0v) is 20.5. The molecule has 0 spiro atoms. The lowest BCUT2D eigenvalue weighted by atomic mass is 10.1. The molecule has 0 saturated carbocycles. The normalized spacial score (nSPS) is 15.3.